The van der Waals surface area contributed by atoms with Crippen LogP contribution in [-0.2, 0) is 6.54 Å². The molecule has 2 aromatic rings. The molecular weight excluding hydrogens is 222 g/mol. The number of nitrogens with one attached hydrogen (secondary N) is 2. The van der Waals surface area contributed by atoms with Gasteiger partial charge in [0.25, 0.3) is 0 Å². The Morgan fingerprint density at radius 2 is 2.25 bits per heavy atom. The second kappa shape index (κ2) is 3.76. The Bertz CT molecular complexity index is 556. The van der Waals surface area contributed by atoms with Crippen molar-refractivity contribution in [3.05, 3.63) is 47.4 Å². The van der Waals surface area contributed by atoms with Crippen molar-refractivity contribution in [2.75, 3.05) is 6.67 Å². The van der Waals surface area contributed by atoms with E-state index in [1.807, 2.05) is 18.3 Å². The molecule has 4 heteroatoms. The van der Waals surface area contributed by atoms with Crippen molar-refractivity contribution in [2.45, 2.75) is 6.54 Å². The number of rotatable bonds is 2. The Kier molecular flexibility index (Phi) is 2.26. The maximum Gasteiger partial charge on any atom is 0.0843 e. The van der Waals surface area contributed by atoms with Gasteiger partial charge in [-0.25, -0.2) is 0 Å². The number of aromatic nitrogens is 1. The molecule has 0 bridgehead atoms. The van der Waals surface area contributed by atoms with Gasteiger partial charge in [0, 0.05) is 34.0 Å². The molecule has 3 nitrogen and oxygen atoms in total. The predicted octanol–water partition coefficient (Wildman–Crippen LogP) is 2.29. The molecule has 0 aliphatic carbocycles. The first-order valence-electron chi connectivity index (χ1n) is 5.24. The number of halogens is 1. The van der Waals surface area contributed by atoms with Crippen molar-refractivity contribution in [1.29, 1.82) is 0 Å². The first kappa shape index (κ1) is 9.60. The Morgan fingerprint density at radius 1 is 1.31 bits per heavy atom. The van der Waals surface area contributed by atoms with Crippen LogP contribution in [0, 0.1) is 0 Å². The van der Waals surface area contributed by atoms with Crippen molar-refractivity contribution in [3.63, 3.8) is 0 Å². The van der Waals surface area contributed by atoms with E-state index in [1.165, 1.54) is 11.2 Å². The summed E-state index contributed by atoms with van der Waals surface area (Å²) in [6, 6.07) is 8.05. The van der Waals surface area contributed by atoms with Crippen molar-refractivity contribution in [1.82, 2.24) is 15.2 Å². The van der Waals surface area contributed by atoms with E-state index >= 15 is 0 Å². The molecule has 0 atom stereocenters. The lowest BCUT2D eigenvalue weighted by atomic mass is 10.2. The normalized spacial score (nSPS) is 14.7. The molecule has 0 amide bonds. The zero-order valence-electron chi connectivity index (χ0n) is 8.70. The van der Waals surface area contributed by atoms with Crippen LogP contribution in [0.5, 0.6) is 0 Å². The van der Waals surface area contributed by atoms with Gasteiger partial charge < -0.3 is 15.2 Å². The Labute approximate surface area is 98.7 Å². The van der Waals surface area contributed by atoms with Gasteiger partial charge in [0.1, 0.15) is 0 Å². The molecule has 1 aliphatic heterocycles. The summed E-state index contributed by atoms with van der Waals surface area (Å²) in [6.07, 6.45) is 4.08. The highest BCUT2D eigenvalue weighted by Crippen LogP contribution is 2.24. The maximum absolute atomic E-state index is 6.13. The highest BCUT2D eigenvalue weighted by Gasteiger charge is 2.07. The van der Waals surface area contributed by atoms with Gasteiger partial charge in [-0.3, -0.25) is 0 Å². The lowest BCUT2D eigenvalue weighted by Crippen LogP contribution is -2.16. The number of benzene rings is 1. The molecule has 2 heterocycles. The van der Waals surface area contributed by atoms with Crippen LogP contribution in [0.4, 0.5) is 0 Å². The molecule has 1 aromatic carbocycles. The molecule has 0 saturated heterocycles. The zero-order valence-corrected chi connectivity index (χ0v) is 9.46. The van der Waals surface area contributed by atoms with Crippen LogP contribution in [0.2, 0.25) is 5.02 Å². The predicted molar refractivity (Wildman–Crippen MR) is 66.2 cm³/mol. The third kappa shape index (κ3) is 1.53. The minimum Gasteiger partial charge on any atom is -0.372 e. The van der Waals surface area contributed by atoms with Crippen LogP contribution < -0.4 is 10.6 Å². The minimum atomic E-state index is 0.808. The second-order valence-corrected chi connectivity index (χ2v) is 4.25. The monoisotopic (exact) mass is 233 g/mol. The fourth-order valence-electron chi connectivity index (χ4n) is 2.00. The average Bonchev–Trinajstić information content (AvgIpc) is 2.90. The van der Waals surface area contributed by atoms with Crippen LogP contribution in [0.3, 0.4) is 0 Å². The summed E-state index contributed by atoms with van der Waals surface area (Å²) in [6.45, 7) is 1.66. The van der Waals surface area contributed by atoms with Crippen molar-refractivity contribution in [2.24, 2.45) is 0 Å². The highest BCUT2D eigenvalue weighted by atomic mass is 35.5. The third-order valence-electron chi connectivity index (χ3n) is 2.79. The molecule has 16 heavy (non-hydrogen) atoms. The summed E-state index contributed by atoms with van der Waals surface area (Å²) in [4.78, 5) is 0. The van der Waals surface area contributed by atoms with Crippen LogP contribution >= 0.6 is 11.6 Å². The maximum atomic E-state index is 6.13. The number of fused-ring (bicyclic) bond motifs is 1. The van der Waals surface area contributed by atoms with E-state index in [9.17, 15) is 0 Å². The smallest absolute Gasteiger partial charge is 0.0843 e. The van der Waals surface area contributed by atoms with E-state index in [0.29, 0.717) is 0 Å². The Balaban J connectivity index is 2.01. The molecule has 2 N–H and O–H groups in total. The quantitative estimate of drug-likeness (QED) is 0.834. The van der Waals surface area contributed by atoms with Gasteiger partial charge >= 0.3 is 0 Å². The standard InChI is InChI=1S/C12H12ClN3/c13-11-2-1-3-12-10(11)4-5-16(12)7-9-6-14-8-15-9/h1-6,14-15H,7-8H2. The van der Waals surface area contributed by atoms with Gasteiger partial charge in [-0.1, -0.05) is 17.7 Å². The van der Waals surface area contributed by atoms with E-state index in [1.54, 1.807) is 0 Å². The molecular formula is C12H12ClN3. The molecule has 0 unspecified atom stereocenters. The van der Waals surface area contributed by atoms with Gasteiger partial charge in [-0.05, 0) is 18.2 Å². The summed E-state index contributed by atoms with van der Waals surface area (Å²) >= 11 is 6.13. The van der Waals surface area contributed by atoms with Crippen molar-refractivity contribution >= 4 is 22.5 Å². The first-order chi connectivity index (χ1) is 7.84. The number of allylic oxidation sites excluding steroid dienone is 1. The van der Waals surface area contributed by atoms with Crippen molar-refractivity contribution in [3.8, 4) is 0 Å². The van der Waals surface area contributed by atoms with E-state index in [4.69, 9.17) is 11.6 Å². The summed E-state index contributed by atoms with van der Waals surface area (Å²) in [5.41, 5.74) is 2.36. The van der Waals surface area contributed by atoms with E-state index in [0.717, 1.165) is 23.6 Å². The molecule has 0 radical (unpaired) electrons. The van der Waals surface area contributed by atoms with E-state index < -0.39 is 0 Å². The average molecular weight is 234 g/mol. The van der Waals surface area contributed by atoms with E-state index in [-0.39, 0.29) is 0 Å². The summed E-state index contributed by atoms with van der Waals surface area (Å²) < 4.78 is 2.19. The Morgan fingerprint density at radius 3 is 3.06 bits per heavy atom. The molecule has 3 rings (SSSR count). The molecule has 82 valence electrons. The van der Waals surface area contributed by atoms with E-state index in [2.05, 4.69) is 33.5 Å². The topological polar surface area (TPSA) is 29.0 Å². The first-order valence-corrected chi connectivity index (χ1v) is 5.62. The Hall–Kier alpha value is -1.61. The number of hydrogen-bond acceptors (Lipinski definition) is 2. The fourth-order valence-corrected chi connectivity index (χ4v) is 2.23. The van der Waals surface area contributed by atoms with Crippen LogP contribution in [0.25, 0.3) is 10.9 Å². The fraction of sp³-hybridized carbons (Fsp3) is 0.167. The zero-order chi connectivity index (χ0) is 11.0. The SMILES string of the molecule is Clc1cccc2c1ccn2CC1=CNCN1. The molecule has 1 aromatic heterocycles. The van der Waals surface area contributed by atoms with Crippen LogP contribution in [0.15, 0.2) is 42.4 Å². The van der Waals surface area contributed by atoms with Crippen molar-refractivity contribution < 1.29 is 0 Å². The lowest BCUT2D eigenvalue weighted by molar-refractivity contribution is 0.730. The van der Waals surface area contributed by atoms with Gasteiger partial charge in [0.15, 0.2) is 0 Å². The van der Waals surface area contributed by atoms with Gasteiger partial charge in [-0.15, -0.1) is 0 Å². The summed E-state index contributed by atoms with van der Waals surface area (Å²) in [5, 5.41) is 8.32. The van der Waals surface area contributed by atoms with Crippen LogP contribution in [-0.4, -0.2) is 11.2 Å². The molecule has 0 fully saturated rings. The summed E-state index contributed by atoms with van der Waals surface area (Å²) in [7, 11) is 0. The van der Waals surface area contributed by atoms with Gasteiger partial charge in [0.05, 0.1) is 13.2 Å². The molecule has 0 spiro atoms. The summed E-state index contributed by atoms with van der Waals surface area (Å²) in [5.74, 6) is 0. The van der Waals surface area contributed by atoms with Gasteiger partial charge in [0.2, 0.25) is 0 Å². The lowest BCUT2D eigenvalue weighted by Gasteiger charge is -2.06. The van der Waals surface area contributed by atoms with Crippen LogP contribution in [0.1, 0.15) is 0 Å². The molecule has 1 aliphatic rings. The number of nitrogens with zero attached hydrogens (tertiary/aromatic N) is 1. The minimum absolute atomic E-state index is 0.808. The largest absolute Gasteiger partial charge is 0.372 e. The van der Waals surface area contributed by atoms with Gasteiger partial charge in [-0.2, -0.15) is 0 Å². The second-order valence-electron chi connectivity index (χ2n) is 3.84. The highest BCUT2D eigenvalue weighted by molar-refractivity contribution is 6.35. The third-order valence-corrected chi connectivity index (χ3v) is 3.12. The molecule has 0 saturated carbocycles. The number of hydrogen-bond donors (Lipinski definition) is 2.